The minimum absolute atomic E-state index is 0.401. The standard InChI is InChI=1S/C13H17NO/c1-2-6-12-10(4-1)5-3-7-13(12)15-11-8-14-9-11/h3,5,7,11,14H,1-2,4,6,8-9H2. The van der Waals surface area contributed by atoms with Crippen molar-refractivity contribution < 1.29 is 4.74 Å². The van der Waals surface area contributed by atoms with Gasteiger partial charge >= 0.3 is 0 Å². The second kappa shape index (κ2) is 3.86. The SMILES string of the molecule is c1cc2c(c(OC3CNC3)c1)CCCC2. The molecule has 1 aromatic rings. The molecule has 3 rings (SSSR count). The van der Waals surface area contributed by atoms with Gasteiger partial charge in [-0.1, -0.05) is 12.1 Å². The molecule has 0 saturated carbocycles. The van der Waals surface area contributed by atoms with Gasteiger partial charge in [-0.3, -0.25) is 0 Å². The molecule has 1 aromatic carbocycles. The van der Waals surface area contributed by atoms with Gasteiger partial charge in [0.15, 0.2) is 0 Å². The smallest absolute Gasteiger partial charge is 0.123 e. The summed E-state index contributed by atoms with van der Waals surface area (Å²) in [6, 6.07) is 6.51. The topological polar surface area (TPSA) is 21.3 Å². The molecule has 1 aliphatic heterocycles. The van der Waals surface area contributed by atoms with Crippen LogP contribution in [0, 0.1) is 0 Å². The first-order valence-electron chi connectivity index (χ1n) is 5.91. The summed E-state index contributed by atoms with van der Waals surface area (Å²) in [6.45, 7) is 2.01. The molecule has 2 nitrogen and oxygen atoms in total. The van der Waals surface area contributed by atoms with Crippen LogP contribution in [0.15, 0.2) is 18.2 Å². The number of nitrogens with one attached hydrogen (secondary N) is 1. The lowest BCUT2D eigenvalue weighted by Crippen LogP contribution is -2.50. The first-order valence-corrected chi connectivity index (χ1v) is 5.91. The van der Waals surface area contributed by atoms with E-state index in [1.54, 1.807) is 0 Å². The second-order valence-corrected chi connectivity index (χ2v) is 4.50. The van der Waals surface area contributed by atoms with E-state index in [9.17, 15) is 0 Å². The van der Waals surface area contributed by atoms with Crippen molar-refractivity contribution in [3.63, 3.8) is 0 Å². The van der Waals surface area contributed by atoms with Crippen molar-refractivity contribution in [1.82, 2.24) is 5.32 Å². The van der Waals surface area contributed by atoms with E-state index in [1.807, 2.05) is 0 Å². The first kappa shape index (κ1) is 9.22. The molecule has 2 heteroatoms. The Kier molecular flexibility index (Phi) is 2.37. The summed E-state index contributed by atoms with van der Waals surface area (Å²) in [5.41, 5.74) is 2.97. The molecule has 1 fully saturated rings. The Morgan fingerprint density at radius 3 is 2.80 bits per heavy atom. The molecular formula is C13H17NO. The fourth-order valence-electron chi connectivity index (χ4n) is 2.38. The van der Waals surface area contributed by atoms with Crippen LogP contribution in [0.25, 0.3) is 0 Å². The van der Waals surface area contributed by atoms with Crippen LogP contribution in [0.4, 0.5) is 0 Å². The summed E-state index contributed by atoms with van der Waals surface area (Å²) in [7, 11) is 0. The van der Waals surface area contributed by atoms with E-state index in [0.717, 1.165) is 18.8 Å². The average Bonchev–Trinajstić information content (AvgIpc) is 2.23. The fourth-order valence-corrected chi connectivity index (χ4v) is 2.38. The van der Waals surface area contributed by atoms with E-state index in [2.05, 4.69) is 23.5 Å². The maximum atomic E-state index is 5.99. The summed E-state index contributed by atoms with van der Waals surface area (Å²) < 4.78 is 5.99. The highest BCUT2D eigenvalue weighted by molar-refractivity contribution is 5.41. The average molecular weight is 203 g/mol. The Morgan fingerprint density at radius 2 is 2.00 bits per heavy atom. The van der Waals surface area contributed by atoms with Gasteiger partial charge in [0.2, 0.25) is 0 Å². The largest absolute Gasteiger partial charge is 0.487 e. The number of ether oxygens (including phenoxy) is 1. The normalized spacial score (nSPS) is 20.5. The van der Waals surface area contributed by atoms with Gasteiger partial charge in [-0.2, -0.15) is 0 Å². The van der Waals surface area contributed by atoms with E-state index in [0.29, 0.717) is 6.10 Å². The molecule has 0 atom stereocenters. The van der Waals surface area contributed by atoms with Crippen LogP contribution in [0.5, 0.6) is 5.75 Å². The lowest BCUT2D eigenvalue weighted by Gasteiger charge is -2.30. The molecule has 1 aliphatic carbocycles. The van der Waals surface area contributed by atoms with E-state index in [1.165, 1.54) is 36.8 Å². The van der Waals surface area contributed by atoms with E-state index >= 15 is 0 Å². The van der Waals surface area contributed by atoms with Crippen LogP contribution in [-0.2, 0) is 12.8 Å². The van der Waals surface area contributed by atoms with Crippen molar-refractivity contribution in [3.05, 3.63) is 29.3 Å². The lowest BCUT2D eigenvalue weighted by atomic mass is 9.91. The highest BCUT2D eigenvalue weighted by Crippen LogP contribution is 2.30. The third kappa shape index (κ3) is 1.74. The highest BCUT2D eigenvalue weighted by Gasteiger charge is 2.21. The summed E-state index contributed by atoms with van der Waals surface area (Å²) in [4.78, 5) is 0. The van der Waals surface area contributed by atoms with E-state index < -0.39 is 0 Å². The predicted octanol–water partition coefficient (Wildman–Crippen LogP) is 1.92. The summed E-state index contributed by atoms with van der Waals surface area (Å²) in [6.07, 6.45) is 5.48. The molecule has 0 radical (unpaired) electrons. The number of aryl methyl sites for hydroxylation is 1. The fraction of sp³-hybridized carbons (Fsp3) is 0.538. The first-order chi connectivity index (χ1) is 7.43. The molecule has 0 spiro atoms. The van der Waals surface area contributed by atoms with Crippen LogP contribution < -0.4 is 10.1 Å². The minimum atomic E-state index is 0.401. The van der Waals surface area contributed by atoms with Crippen molar-refractivity contribution >= 4 is 0 Å². The third-order valence-corrected chi connectivity index (χ3v) is 3.39. The monoisotopic (exact) mass is 203 g/mol. The highest BCUT2D eigenvalue weighted by atomic mass is 16.5. The van der Waals surface area contributed by atoms with Crippen LogP contribution in [0.1, 0.15) is 24.0 Å². The summed E-state index contributed by atoms with van der Waals surface area (Å²) in [5.74, 6) is 1.14. The van der Waals surface area contributed by atoms with Crippen molar-refractivity contribution in [2.24, 2.45) is 0 Å². The zero-order valence-corrected chi connectivity index (χ0v) is 8.96. The molecule has 0 amide bonds. The number of fused-ring (bicyclic) bond motifs is 1. The van der Waals surface area contributed by atoms with Gasteiger partial charge in [-0.05, 0) is 42.9 Å². The Labute approximate surface area is 90.6 Å². The predicted molar refractivity (Wildman–Crippen MR) is 60.4 cm³/mol. The Bertz CT molecular complexity index is 358. The zero-order valence-electron chi connectivity index (χ0n) is 8.96. The van der Waals surface area contributed by atoms with Crippen LogP contribution >= 0.6 is 0 Å². The molecule has 1 saturated heterocycles. The molecule has 1 heterocycles. The van der Waals surface area contributed by atoms with Gasteiger partial charge < -0.3 is 10.1 Å². The Hall–Kier alpha value is -1.02. The number of hydrogen-bond acceptors (Lipinski definition) is 2. The van der Waals surface area contributed by atoms with Gasteiger partial charge in [-0.25, -0.2) is 0 Å². The van der Waals surface area contributed by atoms with Gasteiger partial charge in [-0.15, -0.1) is 0 Å². The molecule has 15 heavy (non-hydrogen) atoms. The number of benzene rings is 1. The number of hydrogen-bond donors (Lipinski definition) is 1. The summed E-state index contributed by atoms with van der Waals surface area (Å²) in [5, 5.41) is 3.24. The van der Waals surface area contributed by atoms with E-state index in [-0.39, 0.29) is 0 Å². The van der Waals surface area contributed by atoms with Crippen LogP contribution in [0.3, 0.4) is 0 Å². The van der Waals surface area contributed by atoms with Crippen molar-refractivity contribution in [2.45, 2.75) is 31.8 Å². The minimum Gasteiger partial charge on any atom is -0.487 e. The Balaban J connectivity index is 1.85. The molecule has 0 bridgehead atoms. The van der Waals surface area contributed by atoms with Gasteiger partial charge in [0, 0.05) is 13.1 Å². The van der Waals surface area contributed by atoms with Crippen molar-refractivity contribution in [1.29, 1.82) is 0 Å². The van der Waals surface area contributed by atoms with Gasteiger partial charge in [0.1, 0.15) is 11.9 Å². The van der Waals surface area contributed by atoms with Gasteiger partial charge in [0.25, 0.3) is 0 Å². The molecular weight excluding hydrogens is 186 g/mol. The number of rotatable bonds is 2. The quantitative estimate of drug-likeness (QED) is 0.793. The van der Waals surface area contributed by atoms with Crippen LogP contribution in [-0.4, -0.2) is 19.2 Å². The molecule has 80 valence electrons. The van der Waals surface area contributed by atoms with Crippen LogP contribution in [0.2, 0.25) is 0 Å². The molecule has 0 aromatic heterocycles. The van der Waals surface area contributed by atoms with Crippen molar-refractivity contribution in [2.75, 3.05) is 13.1 Å². The molecule has 0 unspecified atom stereocenters. The maximum absolute atomic E-state index is 5.99. The second-order valence-electron chi connectivity index (χ2n) is 4.50. The van der Waals surface area contributed by atoms with Gasteiger partial charge in [0.05, 0.1) is 0 Å². The third-order valence-electron chi connectivity index (χ3n) is 3.39. The maximum Gasteiger partial charge on any atom is 0.123 e. The molecule has 1 N–H and O–H groups in total. The Morgan fingerprint density at radius 1 is 1.13 bits per heavy atom. The van der Waals surface area contributed by atoms with E-state index in [4.69, 9.17) is 4.74 Å². The molecule has 2 aliphatic rings. The summed E-state index contributed by atoms with van der Waals surface area (Å²) >= 11 is 0. The lowest BCUT2D eigenvalue weighted by molar-refractivity contribution is 0.140. The van der Waals surface area contributed by atoms with Crippen molar-refractivity contribution in [3.8, 4) is 5.75 Å². The zero-order chi connectivity index (χ0) is 10.1.